The summed E-state index contributed by atoms with van der Waals surface area (Å²) >= 11 is 0. The van der Waals surface area contributed by atoms with Crippen LogP contribution in [0, 0.1) is 12.8 Å². The second-order valence-corrected chi connectivity index (χ2v) is 8.11. The summed E-state index contributed by atoms with van der Waals surface area (Å²) in [6.45, 7) is 2.48. The molecule has 4 rings (SSSR count). The minimum absolute atomic E-state index is 0.0720. The highest BCUT2D eigenvalue weighted by Gasteiger charge is 2.20. The Morgan fingerprint density at radius 1 is 1.09 bits per heavy atom. The van der Waals surface area contributed by atoms with Gasteiger partial charge < -0.3 is 23.9 Å². The number of oxazole rings is 1. The van der Waals surface area contributed by atoms with Crippen LogP contribution in [0.25, 0.3) is 22.4 Å². The molecule has 34 heavy (non-hydrogen) atoms. The number of rotatable bonds is 11. The topological polar surface area (TPSA) is 115 Å². The number of ether oxygens (including phenoxy) is 1. The van der Waals surface area contributed by atoms with Gasteiger partial charge in [0.05, 0.1) is 23.7 Å². The van der Waals surface area contributed by atoms with Gasteiger partial charge in [-0.05, 0) is 43.7 Å². The van der Waals surface area contributed by atoms with Gasteiger partial charge in [-0.3, -0.25) is 9.59 Å². The molecule has 0 radical (unpaired) electrons. The first-order valence-electron chi connectivity index (χ1n) is 11.1. The molecule has 0 aliphatic carbocycles. The molecule has 2 N–H and O–H groups in total. The molecule has 0 saturated carbocycles. The Morgan fingerprint density at radius 2 is 1.88 bits per heavy atom. The number of nitrogens with zero attached hydrogens (tertiary/aromatic N) is 2. The summed E-state index contributed by atoms with van der Waals surface area (Å²) in [7, 11) is 0. The smallest absolute Gasteiger partial charge is 0.308 e. The largest absolute Gasteiger partial charge is 0.492 e. The van der Waals surface area contributed by atoms with Gasteiger partial charge in [-0.15, -0.1) is 0 Å². The lowest BCUT2D eigenvalue weighted by Crippen LogP contribution is -2.20. The summed E-state index contributed by atoms with van der Waals surface area (Å²) in [6, 6.07) is 17.2. The monoisotopic (exact) mass is 462 g/mol. The third kappa shape index (κ3) is 5.28. The maximum Gasteiger partial charge on any atom is 0.308 e. The Balaban J connectivity index is 1.44. The Bertz CT molecular complexity index is 1290. The van der Waals surface area contributed by atoms with Gasteiger partial charge in [0.15, 0.2) is 0 Å². The number of carbonyl (C=O) groups is 2. The van der Waals surface area contributed by atoms with Crippen LogP contribution >= 0.6 is 0 Å². The molecule has 1 atom stereocenters. The van der Waals surface area contributed by atoms with E-state index in [-0.39, 0.29) is 19.4 Å². The van der Waals surface area contributed by atoms with Crippen molar-refractivity contribution in [3.05, 3.63) is 72.2 Å². The maximum atomic E-state index is 11.6. The van der Waals surface area contributed by atoms with E-state index < -0.39 is 17.9 Å². The Morgan fingerprint density at radius 3 is 2.62 bits per heavy atom. The summed E-state index contributed by atoms with van der Waals surface area (Å²) in [5.41, 5.74) is 2.60. The molecule has 2 aromatic heterocycles. The predicted molar refractivity (Wildman–Crippen MR) is 126 cm³/mol. The Kier molecular flexibility index (Phi) is 6.96. The van der Waals surface area contributed by atoms with E-state index in [2.05, 4.69) is 4.98 Å². The minimum Gasteiger partial charge on any atom is -0.492 e. The highest BCUT2D eigenvalue weighted by atomic mass is 16.5. The maximum absolute atomic E-state index is 11.6. The van der Waals surface area contributed by atoms with Crippen molar-refractivity contribution in [2.24, 2.45) is 5.92 Å². The number of carboxylic acids is 2. The van der Waals surface area contributed by atoms with Crippen molar-refractivity contribution < 1.29 is 29.0 Å². The number of aromatic nitrogens is 2. The fourth-order valence-electron chi connectivity index (χ4n) is 3.93. The van der Waals surface area contributed by atoms with E-state index in [1.807, 2.05) is 72.3 Å². The van der Waals surface area contributed by atoms with Crippen molar-refractivity contribution in [3.63, 3.8) is 0 Å². The Hall–Kier alpha value is -4.07. The van der Waals surface area contributed by atoms with E-state index in [1.54, 1.807) is 0 Å². The molecule has 2 heterocycles. The normalized spacial score (nSPS) is 12.0. The summed E-state index contributed by atoms with van der Waals surface area (Å²) in [6.07, 6.45) is 2.28. The van der Waals surface area contributed by atoms with E-state index in [9.17, 15) is 14.7 Å². The van der Waals surface area contributed by atoms with E-state index in [4.69, 9.17) is 14.3 Å². The lowest BCUT2D eigenvalue weighted by Gasteiger charge is -2.14. The third-order valence-corrected chi connectivity index (χ3v) is 5.76. The van der Waals surface area contributed by atoms with Crippen molar-refractivity contribution in [2.45, 2.75) is 32.7 Å². The summed E-state index contributed by atoms with van der Waals surface area (Å²) in [5.74, 6) is -0.759. The third-order valence-electron chi connectivity index (χ3n) is 5.76. The first kappa shape index (κ1) is 23.1. The Labute approximate surface area is 196 Å². The number of hydrogen-bond donors (Lipinski definition) is 2. The molecule has 8 nitrogen and oxygen atoms in total. The molecule has 8 heteroatoms. The fourth-order valence-corrected chi connectivity index (χ4v) is 3.93. The molecule has 2 aromatic carbocycles. The van der Waals surface area contributed by atoms with Crippen LogP contribution in [0.4, 0.5) is 0 Å². The lowest BCUT2D eigenvalue weighted by molar-refractivity contribution is -0.143. The van der Waals surface area contributed by atoms with E-state index in [0.717, 1.165) is 27.9 Å². The molecule has 0 saturated heterocycles. The van der Waals surface area contributed by atoms with Crippen molar-refractivity contribution in [2.75, 3.05) is 6.61 Å². The van der Waals surface area contributed by atoms with Crippen molar-refractivity contribution in [1.82, 2.24) is 9.55 Å². The molecule has 0 bridgehead atoms. The molecule has 0 fully saturated rings. The van der Waals surface area contributed by atoms with E-state index in [0.29, 0.717) is 24.7 Å². The summed E-state index contributed by atoms with van der Waals surface area (Å²) < 4.78 is 13.7. The molecule has 0 amide bonds. The highest BCUT2D eigenvalue weighted by Crippen LogP contribution is 2.28. The quantitative estimate of drug-likeness (QED) is 0.329. The molecule has 0 aliphatic rings. The molecule has 0 spiro atoms. The van der Waals surface area contributed by atoms with Crippen LogP contribution in [0.15, 0.2) is 65.2 Å². The van der Waals surface area contributed by atoms with Gasteiger partial charge in [-0.25, -0.2) is 4.98 Å². The highest BCUT2D eigenvalue weighted by molar-refractivity contribution is 5.86. The molecule has 176 valence electrons. The first-order chi connectivity index (χ1) is 16.4. The molecule has 4 aromatic rings. The van der Waals surface area contributed by atoms with Crippen LogP contribution in [0.1, 0.15) is 24.3 Å². The number of fused-ring (bicyclic) bond motifs is 1. The van der Waals surface area contributed by atoms with Gasteiger partial charge in [0.2, 0.25) is 5.89 Å². The standard InChI is InChI=1S/C26H26N2O6/c1-17-21(27-25(34-17)18-6-3-2-4-7-18)13-15-33-23-9-5-8-22-20(23)12-14-28(22)16-19(26(31)32)10-11-24(29)30/h2-9,12,14,19H,10-11,13,15-16H2,1H3,(H,29,30)(H,31,32). The van der Waals surface area contributed by atoms with Crippen LogP contribution in [-0.2, 0) is 22.6 Å². The average Bonchev–Trinajstić information content (AvgIpc) is 3.41. The predicted octanol–water partition coefficient (Wildman–Crippen LogP) is 4.79. The van der Waals surface area contributed by atoms with Gasteiger partial charge in [0.25, 0.3) is 0 Å². The van der Waals surface area contributed by atoms with Gasteiger partial charge in [0, 0.05) is 36.5 Å². The van der Waals surface area contributed by atoms with Gasteiger partial charge in [-0.1, -0.05) is 24.3 Å². The fraction of sp³-hybridized carbons (Fsp3) is 0.269. The summed E-state index contributed by atoms with van der Waals surface area (Å²) in [4.78, 5) is 27.1. The zero-order chi connectivity index (χ0) is 24.1. The van der Waals surface area contributed by atoms with Crippen LogP contribution in [0.3, 0.4) is 0 Å². The molecular weight excluding hydrogens is 436 g/mol. The zero-order valence-corrected chi connectivity index (χ0v) is 18.8. The van der Waals surface area contributed by atoms with Crippen LogP contribution in [0.2, 0.25) is 0 Å². The van der Waals surface area contributed by atoms with Gasteiger partial charge in [0.1, 0.15) is 11.5 Å². The number of aliphatic carboxylic acids is 2. The summed E-state index contributed by atoms with van der Waals surface area (Å²) in [5, 5.41) is 19.2. The molecular formula is C26H26N2O6. The second kappa shape index (κ2) is 10.2. The van der Waals surface area contributed by atoms with E-state index in [1.165, 1.54) is 0 Å². The van der Waals surface area contributed by atoms with Crippen molar-refractivity contribution >= 4 is 22.8 Å². The molecule has 0 aliphatic heterocycles. The SMILES string of the molecule is Cc1oc(-c2ccccc2)nc1CCOc1cccc2c1ccn2CC(CCC(=O)O)C(=O)O. The van der Waals surface area contributed by atoms with Gasteiger partial charge >= 0.3 is 11.9 Å². The van der Waals surface area contributed by atoms with Crippen molar-refractivity contribution in [3.8, 4) is 17.2 Å². The number of carboxylic acid groups (broad SMARTS) is 2. The number of aryl methyl sites for hydroxylation is 1. The lowest BCUT2D eigenvalue weighted by atomic mass is 10.0. The van der Waals surface area contributed by atoms with Crippen molar-refractivity contribution in [1.29, 1.82) is 0 Å². The second-order valence-electron chi connectivity index (χ2n) is 8.11. The van der Waals surface area contributed by atoms with Crippen LogP contribution < -0.4 is 4.74 Å². The first-order valence-corrected chi connectivity index (χ1v) is 11.1. The average molecular weight is 463 g/mol. The number of hydrogen-bond acceptors (Lipinski definition) is 5. The van der Waals surface area contributed by atoms with E-state index >= 15 is 0 Å². The zero-order valence-electron chi connectivity index (χ0n) is 18.8. The van der Waals surface area contributed by atoms with Crippen LogP contribution in [-0.4, -0.2) is 38.3 Å². The minimum atomic E-state index is -1.01. The molecule has 1 unspecified atom stereocenters. The number of benzene rings is 2. The van der Waals surface area contributed by atoms with Gasteiger partial charge in [-0.2, -0.15) is 0 Å². The van der Waals surface area contributed by atoms with Crippen LogP contribution in [0.5, 0.6) is 5.75 Å².